The van der Waals surface area contributed by atoms with Crippen molar-refractivity contribution in [1.29, 1.82) is 0 Å². The minimum atomic E-state index is 0.0209. The van der Waals surface area contributed by atoms with Crippen LogP contribution in [0.25, 0.3) is 0 Å². The Morgan fingerprint density at radius 2 is 1.79 bits per heavy atom. The van der Waals surface area contributed by atoms with Crippen molar-refractivity contribution in [3.8, 4) is 11.5 Å². The minimum absolute atomic E-state index is 0.0209. The van der Waals surface area contributed by atoms with Gasteiger partial charge in [-0.05, 0) is 24.3 Å². The van der Waals surface area contributed by atoms with Gasteiger partial charge >= 0.3 is 0 Å². The van der Waals surface area contributed by atoms with Crippen LogP contribution in [0.4, 0.5) is 5.69 Å². The SMILES string of the molecule is COc1cccc(OC2CN(C(=O)c3ccccc3N(C)C)C2)c1. The number of carbonyl (C=O) groups excluding carboxylic acids is 1. The summed E-state index contributed by atoms with van der Waals surface area (Å²) in [6.07, 6.45) is 0.0209. The predicted octanol–water partition coefficient (Wildman–Crippen LogP) is 2.66. The Bertz CT molecular complexity index is 724. The van der Waals surface area contributed by atoms with Gasteiger partial charge in [0.15, 0.2) is 0 Å². The van der Waals surface area contributed by atoms with E-state index in [2.05, 4.69) is 0 Å². The standard InChI is InChI=1S/C19H22N2O3/c1-20(2)18-10-5-4-9-17(18)19(22)21-12-16(13-21)24-15-8-6-7-14(11-15)23-3/h4-11,16H,12-13H2,1-3H3. The van der Waals surface area contributed by atoms with E-state index in [1.54, 1.807) is 7.11 Å². The number of rotatable bonds is 5. The van der Waals surface area contributed by atoms with Crippen molar-refractivity contribution in [3.63, 3.8) is 0 Å². The molecule has 24 heavy (non-hydrogen) atoms. The highest BCUT2D eigenvalue weighted by Gasteiger charge is 2.33. The van der Waals surface area contributed by atoms with E-state index in [4.69, 9.17) is 9.47 Å². The number of methoxy groups -OCH3 is 1. The third-order valence-electron chi connectivity index (χ3n) is 4.10. The van der Waals surface area contributed by atoms with Crippen LogP contribution in [0.2, 0.25) is 0 Å². The molecule has 1 heterocycles. The Labute approximate surface area is 142 Å². The second kappa shape index (κ2) is 6.83. The number of likely N-dealkylation sites (tertiary alicyclic amines) is 1. The summed E-state index contributed by atoms with van der Waals surface area (Å²) in [5.74, 6) is 1.57. The molecule has 0 bridgehead atoms. The summed E-state index contributed by atoms with van der Waals surface area (Å²) < 4.78 is 11.1. The molecule has 1 aliphatic heterocycles. The van der Waals surface area contributed by atoms with Gasteiger partial charge in [-0.3, -0.25) is 4.79 Å². The van der Waals surface area contributed by atoms with Crippen LogP contribution in [-0.4, -0.2) is 51.2 Å². The highest BCUT2D eigenvalue weighted by molar-refractivity contribution is 6.00. The fourth-order valence-corrected chi connectivity index (χ4v) is 2.76. The molecule has 1 saturated heterocycles. The van der Waals surface area contributed by atoms with Gasteiger partial charge in [0, 0.05) is 25.8 Å². The molecular formula is C19H22N2O3. The van der Waals surface area contributed by atoms with E-state index < -0.39 is 0 Å². The molecule has 0 unspecified atom stereocenters. The number of nitrogens with zero attached hydrogens (tertiary/aromatic N) is 2. The molecule has 3 rings (SSSR count). The maximum absolute atomic E-state index is 12.7. The fraction of sp³-hybridized carbons (Fsp3) is 0.316. The number of anilines is 1. The molecule has 5 heteroatoms. The Morgan fingerprint density at radius 1 is 1.08 bits per heavy atom. The molecular weight excluding hydrogens is 304 g/mol. The van der Waals surface area contributed by atoms with Crippen LogP contribution in [-0.2, 0) is 0 Å². The molecule has 0 saturated carbocycles. The zero-order valence-electron chi connectivity index (χ0n) is 14.2. The van der Waals surface area contributed by atoms with Crippen LogP contribution in [0.3, 0.4) is 0 Å². The first kappa shape index (κ1) is 16.2. The van der Waals surface area contributed by atoms with Crippen molar-refractivity contribution in [2.75, 3.05) is 39.2 Å². The lowest BCUT2D eigenvalue weighted by molar-refractivity contribution is 0.0177. The Morgan fingerprint density at radius 3 is 2.50 bits per heavy atom. The molecule has 2 aromatic carbocycles. The number of hydrogen-bond acceptors (Lipinski definition) is 4. The molecule has 1 amide bonds. The van der Waals surface area contributed by atoms with Crippen LogP contribution in [0, 0.1) is 0 Å². The lowest BCUT2D eigenvalue weighted by atomic mass is 10.1. The van der Waals surface area contributed by atoms with Crippen LogP contribution in [0.15, 0.2) is 48.5 Å². The molecule has 0 N–H and O–H groups in total. The lowest BCUT2D eigenvalue weighted by Gasteiger charge is -2.39. The second-order valence-electron chi connectivity index (χ2n) is 6.04. The van der Waals surface area contributed by atoms with E-state index in [1.807, 2.05) is 72.4 Å². The Hall–Kier alpha value is -2.69. The maximum atomic E-state index is 12.7. The third-order valence-corrected chi connectivity index (χ3v) is 4.10. The molecule has 1 fully saturated rings. The van der Waals surface area contributed by atoms with Crippen molar-refractivity contribution in [3.05, 3.63) is 54.1 Å². The van der Waals surface area contributed by atoms with E-state index >= 15 is 0 Å². The topological polar surface area (TPSA) is 42.0 Å². The smallest absolute Gasteiger partial charge is 0.256 e. The summed E-state index contributed by atoms with van der Waals surface area (Å²) in [5.41, 5.74) is 1.65. The first-order chi connectivity index (χ1) is 11.6. The van der Waals surface area contributed by atoms with E-state index in [-0.39, 0.29) is 12.0 Å². The molecule has 0 aliphatic carbocycles. The Balaban J connectivity index is 1.61. The summed E-state index contributed by atoms with van der Waals surface area (Å²) >= 11 is 0. The van der Waals surface area contributed by atoms with Gasteiger partial charge < -0.3 is 19.3 Å². The number of hydrogen-bond donors (Lipinski definition) is 0. The van der Waals surface area contributed by atoms with Gasteiger partial charge in [0.1, 0.15) is 17.6 Å². The van der Waals surface area contributed by atoms with Crippen LogP contribution in [0.1, 0.15) is 10.4 Å². The van der Waals surface area contributed by atoms with Gasteiger partial charge in [0.25, 0.3) is 5.91 Å². The molecule has 0 atom stereocenters. The van der Waals surface area contributed by atoms with Gasteiger partial charge in [-0.15, -0.1) is 0 Å². The summed E-state index contributed by atoms with van der Waals surface area (Å²) in [4.78, 5) is 16.4. The van der Waals surface area contributed by atoms with E-state index in [0.29, 0.717) is 13.1 Å². The largest absolute Gasteiger partial charge is 0.497 e. The van der Waals surface area contributed by atoms with Gasteiger partial charge in [-0.1, -0.05) is 18.2 Å². The average Bonchev–Trinajstić information content (AvgIpc) is 2.57. The predicted molar refractivity (Wildman–Crippen MR) is 94.1 cm³/mol. The zero-order valence-corrected chi connectivity index (χ0v) is 14.2. The zero-order chi connectivity index (χ0) is 17.1. The van der Waals surface area contributed by atoms with Crippen molar-refractivity contribution in [2.24, 2.45) is 0 Å². The average molecular weight is 326 g/mol. The lowest BCUT2D eigenvalue weighted by Crippen LogP contribution is -2.56. The highest BCUT2D eigenvalue weighted by atomic mass is 16.5. The summed E-state index contributed by atoms with van der Waals surface area (Å²) in [5, 5.41) is 0. The monoisotopic (exact) mass is 326 g/mol. The Kier molecular flexibility index (Phi) is 4.60. The van der Waals surface area contributed by atoms with Gasteiger partial charge in [-0.25, -0.2) is 0 Å². The maximum Gasteiger partial charge on any atom is 0.256 e. The number of carbonyl (C=O) groups is 1. The minimum Gasteiger partial charge on any atom is -0.497 e. The highest BCUT2D eigenvalue weighted by Crippen LogP contribution is 2.25. The number of para-hydroxylation sites is 1. The van der Waals surface area contributed by atoms with Crippen LogP contribution >= 0.6 is 0 Å². The second-order valence-corrected chi connectivity index (χ2v) is 6.04. The molecule has 0 radical (unpaired) electrons. The third kappa shape index (κ3) is 3.30. The first-order valence-electron chi connectivity index (χ1n) is 7.95. The van der Waals surface area contributed by atoms with Gasteiger partial charge in [0.2, 0.25) is 0 Å². The summed E-state index contributed by atoms with van der Waals surface area (Å²) in [6, 6.07) is 15.2. The molecule has 1 aliphatic rings. The van der Waals surface area contributed by atoms with E-state index in [1.165, 1.54) is 0 Å². The number of amides is 1. The van der Waals surface area contributed by atoms with Crippen molar-refractivity contribution in [2.45, 2.75) is 6.10 Å². The first-order valence-corrected chi connectivity index (χ1v) is 7.95. The molecule has 0 aromatic heterocycles. The molecule has 0 spiro atoms. The fourth-order valence-electron chi connectivity index (χ4n) is 2.76. The van der Waals surface area contributed by atoms with Crippen molar-refractivity contribution >= 4 is 11.6 Å². The quantitative estimate of drug-likeness (QED) is 0.847. The van der Waals surface area contributed by atoms with Crippen molar-refractivity contribution < 1.29 is 14.3 Å². The normalized spacial score (nSPS) is 14.0. The summed E-state index contributed by atoms with van der Waals surface area (Å²) in [6.45, 7) is 1.19. The summed E-state index contributed by atoms with van der Waals surface area (Å²) in [7, 11) is 5.51. The number of benzene rings is 2. The van der Waals surface area contributed by atoms with Gasteiger partial charge in [-0.2, -0.15) is 0 Å². The van der Waals surface area contributed by atoms with Gasteiger partial charge in [0.05, 0.1) is 25.8 Å². The molecule has 5 nitrogen and oxygen atoms in total. The molecule has 2 aromatic rings. The molecule has 126 valence electrons. The number of ether oxygens (including phenoxy) is 2. The van der Waals surface area contributed by atoms with Crippen molar-refractivity contribution in [1.82, 2.24) is 4.90 Å². The van der Waals surface area contributed by atoms with Crippen LogP contribution < -0.4 is 14.4 Å². The van der Waals surface area contributed by atoms with E-state index in [0.717, 1.165) is 22.7 Å². The van der Waals surface area contributed by atoms with E-state index in [9.17, 15) is 4.79 Å². The van der Waals surface area contributed by atoms with Crippen LogP contribution in [0.5, 0.6) is 11.5 Å².